The molecule has 1 atom stereocenters. The van der Waals surface area contributed by atoms with E-state index in [2.05, 4.69) is 29.8 Å². The standard InChI is InChI=1S/C15H18FNS/c1-2-9-17-14(15-4-3-10-18-15)11-12-5-7-13(16)8-6-12/h3-8,10,14,17H,2,9,11H2,1H3. The van der Waals surface area contributed by atoms with Gasteiger partial charge in [-0.3, -0.25) is 0 Å². The maximum atomic E-state index is 12.9. The molecule has 1 aromatic carbocycles. The van der Waals surface area contributed by atoms with Crippen molar-refractivity contribution in [1.82, 2.24) is 5.32 Å². The second kappa shape index (κ2) is 6.66. The van der Waals surface area contributed by atoms with Crippen LogP contribution in [-0.4, -0.2) is 6.54 Å². The molecule has 1 heterocycles. The Morgan fingerprint density at radius 1 is 1.22 bits per heavy atom. The first kappa shape index (κ1) is 13.2. The molecule has 1 aromatic heterocycles. The van der Waals surface area contributed by atoms with Gasteiger partial charge in [0.15, 0.2) is 0 Å². The van der Waals surface area contributed by atoms with E-state index in [1.807, 2.05) is 12.1 Å². The summed E-state index contributed by atoms with van der Waals surface area (Å²) in [5.74, 6) is -0.173. The molecule has 0 spiro atoms. The molecule has 1 N–H and O–H groups in total. The predicted octanol–water partition coefficient (Wildman–Crippen LogP) is 4.17. The monoisotopic (exact) mass is 263 g/mol. The molecule has 0 aliphatic carbocycles. The van der Waals surface area contributed by atoms with Crippen LogP contribution >= 0.6 is 11.3 Å². The third-order valence-corrected chi connectivity index (χ3v) is 3.87. The lowest BCUT2D eigenvalue weighted by atomic mass is 10.0. The van der Waals surface area contributed by atoms with Gasteiger partial charge < -0.3 is 5.32 Å². The normalized spacial score (nSPS) is 12.6. The van der Waals surface area contributed by atoms with Gasteiger partial charge in [0.25, 0.3) is 0 Å². The number of hydrogen-bond acceptors (Lipinski definition) is 2. The minimum Gasteiger partial charge on any atom is -0.309 e. The highest BCUT2D eigenvalue weighted by Crippen LogP contribution is 2.23. The van der Waals surface area contributed by atoms with Crippen molar-refractivity contribution in [2.75, 3.05) is 6.54 Å². The Balaban J connectivity index is 2.07. The molecule has 3 heteroatoms. The number of halogens is 1. The summed E-state index contributed by atoms with van der Waals surface area (Å²) in [4.78, 5) is 1.34. The smallest absolute Gasteiger partial charge is 0.123 e. The maximum absolute atomic E-state index is 12.9. The summed E-state index contributed by atoms with van der Waals surface area (Å²) < 4.78 is 12.9. The van der Waals surface area contributed by atoms with Crippen molar-refractivity contribution in [1.29, 1.82) is 0 Å². The van der Waals surface area contributed by atoms with Crippen LogP contribution in [0.25, 0.3) is 0 Å². The van der Waals surface area contributed by atoms with Gasteiger partial charge in [0.05, 0.1) is 0 Å². The highest BCUT2D eigenvalue weighted by molar-refractivity contribution is 7.10. The zero-order chi connectivity index (χ0) is 12.8. The quantitative estimate of drug-likeness (QED) is 0.824. The summed E-state index contributed by atoms with van der Waals surface area (Å²) in [6.07, 6.45) is 2.02. The van der Waals surface area contributed by atoms with E-state index in [1.165, 1.54) is 22.6 Å². The number of nitrogens with one attached hydrogen (secondary N) is 1. The van der Waals surface area contributed by atoms with Crippen LogP contribution in [0.4, 0.5) is 4.39 Å². The van der Waals surface area contributed by atoms with E-state index >= 15 is 0 Å². The Hall–Kier alpha value is -1.19. The first-order valence-electron chi connectivity index (χ1n) is 6.31. The van der Waals surface area contributed by atoms with Crippen LogP contribution in [-0.2, 0) is 6.42 Å². The minimum atomic E-state index is -0.173. The van der Waals surface area contributed by atoms with E-state index in [4.69, 9.17) is 0 Å². The molecular weight excluding hydrogens is 245 g/mol. The average molecular weight is 263 g/mol. The van der Waals surface area contributed by atoms with Gasteiger partial charge in [-0.2, -0.15) is 0 Å². The lowest BCUT2D eigenvalue weighted by Gasteiger charge is -2.17. The van der Waals surface area contributed by atoms with Gasteiger partial charge in [-0.1, -0.05) is 25.1 Å². The Labute approximate surface area is 112 Å². The molecular formula is C15H18FNS. The summed E-state index contributed by atoms with van der Waals surface area (Å²) in [7, 11) is 0. The molecule has 1 unspecified atom stereocenters. The summed E-state index contributed by atoms with van der Waals surface area (Å²) in [5.41, 5.74) is 1.17. The number of rotatable bonds is 6. The molecule has 0 amide bonds. The summed E-state index contributed by atoms with van der Waals surface area (Å²) in [5, 5.41) is 5.65. The molecule has 2 aromatic rings. The molecule has 0 bridgehead atoms. The number of thiophene rings is 1. The van der Waals surface area contributed by atoms with Gasteiger partial charge in [-0.05, 0) is 48.5 Å². The molecule has 0 aliphatic rings. The third kappa shape index (κ3) is 3.65. The summed E-state index contributed by atoms with van der Waals surface area (Å²) in [6, 6.07) is 11.3. The van der Waals surface area contributed by atoms with Crippen molar-refractivity contribution < 1.29 is 4.39 Å². The van der Waals surface area contributed by atoms with E-state index in [0.717, 1.165) is 19.4 Å². The van der Waals surface area contributed by atoms with Gasteiger partial charge in [0.1, 0.15) is 5.82 Å². The topological polar surface area (TPSA) is 12.0 Å². The highest BCUT2D eigenvalue weighted by Gasteiger charge is 2.12. The van der Waals surface area contributed by atoms with Crippen molar-refractivity contribution in [3.63, 3.8) is 0 Å². The van der Waals surface area contributed by atoms with Crippen LogP contribution in [0.3, 0.4) is 0 Å². The average Bonchev–Trinajstić information content (AvgIpc) is 2.90. The molecule has 0 saturated heterocycles. The molecule has 2 rings (SSSR count). The van der Waals surface area contributed by atoms with Gasteiger partial charge in [-0.15, -0.1) is 11.3 Å². The van der Waals surface area contributed by atoms with Crippen molar-refractivity contribution in [2.24, 2.45) is 0 Å². The predicted molar refractivity (Wildman–Crippen MR) is 75.5 cm³/mol. The molecule has 0 radical (unpaired) electrons. The van der Waals surface area contributed by atoms with E-state index in [-0.39, 0.29) is 5.82 Å². The lowest BCUT2D eigenvalue weighted by molar-refractivity contribution is 0.536. The second-order valence-corrected chi connectivity index (χ2v) is 5.33. The first-order valence-corrected chi connectivity index (χ1v) is 7.18. The molecule has 0 saturated carbocycles. The van der Waals surface area contributed by atoms with E-state index in [1.54, 1.807) is 11.3 Å². The highest BCUT2D eigenvalue weighted by atomic mass is 32.1. The van der Waals surface area contributed by atoms with Crippen molar-refractivity contribution in [2.45, 2.75) is 25.8 Å². The van der Waals surface area contributed by atoms with E-state index in [9.17, 15) is 4.39 Å². The van der Waals surface area contributed by atoms with E-state index in [0.29, 0.717) is 6.04 Å². The van der Waals surface area contributed by atoms with Crippen molar-refractivity contribution in [3.8, 4) is 0 Å². The van der Waals surface area contributed by atoms with Crippen LogP contribution in [0, 0.1) is 5.82 Å². The number of hydrogen-bond donors (Lipinski definition) is 1. The SMILES string of the molecule is CCCNC(Cc1ccc(F)cc1)c1cccs1. The van der Waals surface area contributed by atoms with Gasteiger partial charge in [0, 0.05) is 10.9 Å². The fourth-order valence-corrected chi connectivity index (χ4v) is 2.74. The Morgan fingerprint density at radius 2 is 2.00 bits per heavy atom. The Morgan fingerprint density at radius 3 is 2.61 bits per heavy atom. The van der Waals surface area contributed by atoms with Crippen LogP contribution in [0.1, 0.15) is 29.8 Å². The molecule has 0 aliphatic heterocycles. The van der Waals surface area contributed by atoms with Crippen LogP contribution in [0.5, 0.6) is 0 Å². The Kier molecular flexibility index (Phi) is 4.90. The zero-order valence-corrected chi connectivity index (χ0v) is 11.3. The van der Waals surface area contributed by atoms with E-state index < -0.39 is 0 Å². The Bertz CT molecular complexity index is 450. The summed E-state index contributed by atoms with van der Waals surface area (Å²) >= 11 is 1.77. The van der Waals surface area contributed by atoms with Crippen LogP contribution in [0.15, 0.2) is 41.8 Å². The largest absolute Gasteiger partial charge is 0.309 e. The molecule has 96 valence electrons. The van der Waals surface area contributed by atoms with Crippen molar-refractivity contribution in [3.05, 3.63) is 58.0 Å². The molecule has 1 nitrogen and oxygen atoms in total. The number of benzene rings is 1. The van der Waals surface area contributed by atoms with Crippen LogP contribution in [0.2, 0.25) is 0 Å². The molecule has 0 fully saturated rings. The van der Waals surface area contributed by atoms with Gasteiger partial charge >= 0.3 is 0 Å². The summed E-state index contributed by atoms with van der Waals surface area (Å²) in [6.45, 7) is 3.17. The fourth-order valence-electron chi connectivity index (χ4n) is 1.94. The lowest BCUT2D eigenvalue weighted by Crippen LogP contribution is -2.23. The van der Waals surface area contributed by atoms with Gasteiger partial charge in [-0.25, -0.2) is 4.39 Å². The molecule has 18 heavy (non-hydrogen) atoms. The third-order valence-electron chi connectivity index (χ3n) is 2.88. The first-order chi connectivity index (χ1) is 8.79. The minimum absolute atomic E-state index is 0.173. The fraction of sp³-hybridized carbons (Fsp3) is 0.333. The van der Waals surface area contributed by atoms with Crippen LogP contribution < -0.4 is 5.32 Å². The van der Waals surface area contributed by atoms with Gasteiger partial charge in [0.2, 0.25) is 0 Å². The maximum Gasteiger partial charge on any atom is 0.123 e. The second-order valence-electron chi connectivity index (χ2n) is 4.35. The zero-order valence-electron chi connectivity index (χ0n) is 10.5. The van der Waals surface area contributed by atoms with Crippen molar-refractivity contribution >= 4 is 11.3 Å².